The van der Waals surface area contributed by atoms with E-state index in [0.29, 0.717) is 0 Å². The molecule has 0 amide bonds. The highest BCUT2D eigenvalue weighted by molar-refractivity contribution is 6.15. The molecule has 0 N–H and O–H groups in total. The van der Waals surface area contributed by atoms with Crippen molar-refractivity contribution in [2.45, 2.75) is 12.8 Å². The first-order valence-electron chi connectivity index (χ1n) is 12.5. The minimum Gasteiger partial charge on any atom is -0.295 e. The van der Waals surface area contributed by atoms with Crippen LogP contribution in [-0.4, -0.2) is 18.8 Å². The monoisotopic (exact) mass is 460 g/mol. The average Bonchev–Trinajstić information content (AvgIpc) is 3.62. The summed E-state index contributed by atoms with van der Waals surface area (Å²) in [6.45, 7) is 0. The molecular formula is C32H20N4. The van der Waals surface area contributed by atoms with Crippen LogP contribution in [0, 0.1) is 0 Å². The molecule has 8 aromatic rings. The summed E-state index contributed by atoms with van der Waals surface area (Å²) in [6.07, 6.45) is 6.46. The van der Waals surface area contributed by atoms with E-state index in [1.54, 1.807) is 0 Å². The highest BCUT2D eigenvalue weighted by atomic mass is 15.0. The van der Waals surface area contributed by atoms with Gasteiger partial charge in [0.25, 0.3) is 0 Å². The van der Waals surface area contributed by atoms with Gasteiger partial charge in [-0.15, -0.1) is 0 Å². The van der Waals surface area contributed by atoms with Gasteiger partial charge in [0.1, 0.15) is 11.3 Å². The number of aryl methyl sites for hydroxylation is 1. The van der Waals surface area contributed by atoms with Crippen LogP contribution in [-0.2, 0) is 6.42 Å². The van der Waals surface area contributed by atoms with Gasteiger partial charge in [-0.25, -0.2) is 9.97 Å². The van der Waals surface area contributed by atoms with E-state index in [1.165, 1.54) is 49.2 Å². The smallest absolute Gasteiger partial charge is 0.146 e. The molecule has 0 bridgehead atoms. The van der Waals surface area contributed by atoms with E-state index >= 15 is 0 Å². The molecule has 9 rings (SSSR count). The van der Waals surface area contributed by atoms with E-state index in [2.05, 4.69) is 106 Å². The summed E-state index contributed by atoms with van der Waals surface area (Å²) in [5, 5.41) is 6.20. The number of hydrogen-bond donors (Lipinski definition) is 0. The Morgan fingerprint density at radius 3 is 2.36 bits per heavy atom. The summed E-state index contributed by atoms with van der Waals surface area (Å²) in [6, 6.07) is 30.5. The van der Waals surface area contributed by atoms with Crippen molar-refractivity contribution in [2.24, 2.45) is 0 Å². The zero-order valence-electron chi connectivity index (χ0n) is 19.4. The lowest BCUT2D eigenvalue weighted by Crippen LogP contribution is -1.99. The number of aromatic nitrogens is 4. The van der Waals surface area contributed by atoms with Gasteiger partial charge in [-0.2, -0.15) is 0 Å². The van der Waals surface area contributed by atoms with Crippen LogP contribution < -0.4 is 0 Å². The van der Waals surface area contributed by atoms with Gasteiger partial charge in [0.15, 0.2) is 0 Å². The van der Waals surface area contributed by atoms with E-state index < -0.39 is 0 Å². The molecule has 4 heteroatoms. The highest BCUT2D eigenvalue weighted by Crippen LogP contribution is 2.39. The molecule has 0 saturated carbocycles. The van der Waals surface area contributed by atoms with Crippen LogP contribution in [0.1, 0.15) is 17.8 Å². The van der Waals surface area contributed by atoms with Crippen LogP contribution in [0.3, 0.4) is 0 Å². The standard InChI is InChI=1S/C32H20N4/c1-4-11-24-20(8-1)22-17-16-19(18-28(22)35-27-13-6-5-12-25(27)33-32(24)35)30-31-23-10-3-2-9-21(23)26-14-7-15-29(34-30)36(26)31/h1-5,7-12,14-18H,6,13H2. The largest absolute Gasteiger partial charge is 0.295 e. The predicted molar refractivity (Wildman–Crippen MR) is 148 cm³/mol. The molecule has 0 atom stereocenters. The van der Waals surface area contributed by atoms with Gasteiger partial charge in [-0.3, -0.25) is 8.80 Å². The predicted octanol–water partition coefficient (Wildman–Crippen LogP) is 7.66. The maximum Gasteiger partial charge on any atom is 0.146 e. The summed E-state index contributed by atoms with van der Waals surface area (Å²) in [7, 11) is 0. The topological polar surface area (TPSA) is 34.6 Å². The number of benzene rings is 3. The first kappa shape index (κ1) is 18.6. The Kier molecular flexibility index (Phi) is 3.36. The fourth-order valence-corrected chi connectivity index (χ4v) is 6.37. The van der Waals surface area contributed by atoms with Crippen molar-refractivity contribution in [2.75, 3.05) is 0 Å². The Bertz CT molecular complexity index is 2210. The summed E-state index contributed by atoms with van der Waals surface area (Å²) in [4.78, 5) is 10.2. The number of rotatable bonds is 1. The fraction of sp³-hybridized carbons (Fsp3) is 0.0625. The van der Waals surface area contributed by atoms with Crippen LogP contribution in [0.2, 0.25) is 0 Å². The molecule has 0 fully saturated rings. The van der Waals surface area contributed by atoms with Crippen LogP contribution in [0.15, 0.2) is 91.0 Å². The van der Waals surface area contributed by atoms with Gasteiger partial charge in [0, 0.05) is 27.1 Å². The lowest BCUT2D eigenvalue weighted by Gasteiger charge is -2.13. The van der Waals surface area contributed by atoms with E-state index in [1.807, 2.05) is 0 Å². The number of imidazole rings is 2. The first-order valence-corrected chi connectivity index (χ1v) is 12.5. The number of hydrogen-bond acceptors (Lipinski definition) is 2. The van der Waals surface area contributed by atoms with Crippen LogP contribution in [0.25, 0.3) is 72.1 Å². The lowest BCUT2D eigenvalue weighted by atomic mass is 10.0. The Balaban J connectivity index is 1.45. The van der Waals surface area contributed by atoms with E-state index in [9.17, 15) is 0 Å². The van der Waals surface area contributed by atoms with Crippen molar-refractivity contribution in [3.05, 3.63) is 102 Å². The summed E-state index contributed by atoms with van der Waals surface area (Å²) in [5.41, 5.74) is 10.2. The number of fused-ring (bicyclic) bond motifs is 11. The molecule has 168 valence electrons. The second-order valence-electron chi connectivity index (χ2n) is 9.78. The van der Waals surface area contributed by atoms with Gasteiger partial charge in [0.05, 0.1) is 33.6 Å². The molecule has 0 spiro atoms. The molecule has 5 aromatic heterocycles. The zero-order chi connectivity index (χ0) is 23.4. The van der Waals surface area contributed by atoms with Crippen molar-refractivity contribution in [1.29, 1.82) is 0 Å². The number of nitrogens with zero attached hydrogens (tertiary/aromatic N) is 4. The van der Waals surface area contributed by atoms with Crippen molar-refractivity contribution < 1.29 is 0 Å². The molecule has 0 radical (unpaired) electrons. The molecule has 1 aliphatic carbocycles. The third-order valence-electron chi connectivity index (χ3n) is 7.90. The number of pyridine rings is 2. The van der Waals surface area contributed by atoms with Gasteiger partial charge in [0.2, 0.25) is 0 Å². The van der Waals surface area contributed by atoms with Gasteiger partial charge in [-0.05, 0) is 42.5 Å². The maximum absolute atomic E-state index is 5.14. The maximum atomic E-state index is 5.14. The Morgan fingerprint density at radius 1 is 0.639 bits per heavy atom. The van der Waals surface area contributed by atoms with Gasteiger partial charge < -0.3 is 0 Å². The zero-order valence-corrected chi connectivity index (χ0v) is 19.4. The normalized spacial score (nSPS) is 13.8. The molecule has 0 saturated heterocycles. The first-order chi connectivity index (χ1) is 17.9. The summed E-state index contributed by atoms with van der Waals surface area (Å²) < 4.78 is 4.71. The van der Waals surface area contributed by atoms with E-state index in [4.69, 9.17) is 9.97 Å². The molecule has 5 heterocycles. The van der Waals surface area contributed by atoms with Crippen LogP contribution in [0.4, 0.5) is 0 Å². The Hall–Kier alpha value is -4.70. The highest BCUT2D eigenvalue weighted by Gasteiger charge is 2.21. The minimum atomic E-state index is 0.989. The molecule has 1 aliphatic rings. The summed E-state index contributed by atoms with van der Waals surface area (Å²) >= 11 is 0. The van der Waals surface area contributed by atoms with Crippen molar-refractivity contribution in [3.8, 4) is 11.3 Å². The average molecular weight is 461 g/mol. The molecule has 3 aromatic carbocycles. The van der Waals surface area contributed by atoms with Crippen LogP contribution >= 0.6 is 0 Å². The van der Waals surface area contributed by atoms with Crippen LogP contribution in [0.5, 0.6) is 0 Å². The molecule has 4 nitrogen and oxygen atoms in total. The van der Waals surface area contributed by atoms with Crippen molar-refractivity contribution in [3.63, 3.8) is 0 Å². The fourth-order valence-electron chi connectivity index (χ4n) is 6.37. The third kappa shape index (κ3) is 2.20. The molecular weight excluding hydrogens is 440 g/mol. The quantitative estimate of drug-likeness (QED) is 0.236. The second-order valence-corrected chi connectivity index (χ2v) is 9.78. The van der Waals surface area contributed by atoms with Crippen molar-refractivity contribution >= 4 is 60.9 Å². The Labute approximate surface area is 206 Å². The Morgan fingerprint density at radius 2 is 1.44 bits per heavy atom. The van der Waals surface area contributed by atoms with E-state index in [-0.39, 0.29) is 0 Å². The second kappa shape index (κ2) is 6.49. The third-order valence-corrected chi connectivity index (χ3v) is 7.90. The molecule has 36 heavy (non-hydrogen) atoms. The SMILES string of the molecule is C1=Cc2nc3c4ccccc4c4ccc(-c5nc6cccc7c8ccccc8c5n67)cc4n3c2CC1. The summed E-state index contributed by atoms with van der Waals surface area (Å²) in [5.74, 6) is 0. The minimum absolute atomic E-state index is 0.989. The van der Waals surface area contributed by atoms with Gasteiger partial charge >= 0.3 is 0 Å². The van der Waals surface area contributed by atoms with Gasteiger partial charge in [-0.1, -0.05) is 72.8 Å². The van der Waals surface area contributed by atoms with Crippen molar-refractivity contribution in [1.82, 2.24) is 18.8 Å². The molecule has 0 aliphatic heterocycles. The van der Waals surface area contributed by atoms with E-state index in [0.717, 1.165) is 41.1 Å². The molecule has 0 unspecified atom stereocenters. The number of allylic oxidation sites excluding steroid dienone is 1. The lowest BCUT2D eigenvalue weighted by molar-refractivity contribution is 0.921.